The van der Waals surface area contributed by atoms with Crippen molar-refractivity contribution in [3.63, 3.8) is 0 Å². The Morgan fingerprint density at radius 3 is 2.22 bits per heavy atom. The van der Waals surface area contributed by atoms with Gasteiger partial charge in [-0.1, -0.05) is 13.8 Å². The normalized spacial score (nSPS) is 10.5. The molecule has 0 aliphatic heterocycles. The monoisotopic (exact) mass is 330 g/mol. The zero-order chi connectivity index (χ0) is 13.5. The molecule has 0 heterocycles. The molecule has 4 nitrogen and oxygen atoms in total. The molecule has 1 amide bonds. The van der Waals surface area contributed by atoms with Crippen LogP contribution >= 0.6 is 0 Å². The average molecular weight is 330 g/mol. The van der Waals surface area contributed by atoms with E-state index in [4.69, 9.17) is 0 Å². The molecule has 0 rings (SSSR count). The fourth-order valence-electron chi connectivity index (χ4n) is 1.57. The van der Waals surface area contributed by atoms with Gasteiger partial charge in [0.2, 0.25) is 5.91 Å². The minimum absolute atomic E-state index is 0. The van der Waals surface area contributed by atoms with Crippen molar-refractivity contribution in [2.24, 2.45) is 5.41 Å². The topological polar surface area (TPSA) is 58.2 Å². The number of hydrogen-bond acceptors (Lipinski definition) is 3. The fourth-order valence-corrected chi connectivity index (χ4v) is 1.57. The number of Topliss-reactive ketones (excluding diaryl/α,β-unsaturated/α-hetero) is 1. The molecule has 1 radical (unpaired) electrons. The van der Waals surface area contributed by atoms with Crippen LogP contribution in [0, 0.1) is 11.3 Å². The number of hydrogen-bond donors (Lipinski definition) is 2. The minimum Gasteiger partial charge on any atom is -0.356 e. The van der Waals surface area contributed by atoms with Crippen LogP contribution in [-0.2, 0) is 42.3 Å². The van der Waals surface area contributed by atoms with Gasteiger partial charge in [0.25, 0.3) is 0 Å². The Morgan fingerprint density at radius 2 is 1.78 bits per heavy atom. The molecule has 103 valence electrons. The van der Waals surface area contributed by atoms with Crippen molar-refractivity contribution in [2.45, 2.75) is 40.5 Å². The van der Waals surface area contributed by atoms with Gasteiger partial charge in [-0.3, -0.25) is 4.79 Å². The van der Waals surface area contributed by atoms with E-state index < -0.39 is 5.41 Å². The first kappa shape index (κ1) is 20.4. The van der Waals surface area contributed by atoms with Crippen molar-refractivity contribution in [2.75, 3.05) is 20.1 Å². The second-order valence-corrected chi connectivity index (χ2v) is 5.11. The van der Waals surface area contributed by atoms with Crippen molar-refractivity contribution >= 4 is 11.7 Å². The Hall–Kier alpha value is 0.0739. The summed E-state index contributed by atoms with van der Waals surface area (Å²) in [6, 6.07) is 0. The molecule has 0 aromatic heterocycles. The molecule has 0 aliphatic rings. The molecule has 0 fully saturated rings. The van der Waals surface area contributed by atoms with Gasteiger partial charge >= 0.3 is 0 Å². The Morgan fingerprint density at radius 1 is 1.22 bits per heavy atom. The Labute approximate surface area is 136 Å². The molecular formula is C13H25N2O2Y-. The van der Waals surface area contributed by atoms with Crippen molar-refractivity contribution in [3.8, 4) is 0 Å². The summed E-state index contributed by atoms with van der Waals surface area (Å²) >= 11 is 0. The van der Waals surface area contributed by atoms with Crippen LogP contribution in [-0.4, -0.2) is 31.8 Å². The van der Waals surface area contributed by atoms with Crippen LogP contribution in [0.2, 0.25) is 0 Å². The summed E-state index contributed by atoms with van der Waals surface area (Å²) in [5.41, 5.74) is -0.518. The van der Waals surface area contributed by atoms with Crippen LogP contribution in [0.25, 0.3) is 0 Å². The SMILES string of the molecule is CNCCCNC(=O)C(C)(C)C[C-](C)C(C)=O.[Y]. The molecule has 0 saturated carbocycles. The van der Waals surface area contributed by atoms with E-state index in [0.29, 0.717) is 13.0 Å². The third kappa shape index (κ3) is 8.22. The molecule has 0 saturated heterocycles. The molecular weight excluding hydrogens is 305 g/mol. The number of nitrogens with one attached hydrogen (secondary N) is 2. The van der Waals surface area contributed by atoms with Crippen molar-refractivity contribution in [1.82, 2.24) is 10.6 Å². The zero-order valence-electron chi connectivity index (χ0n) is 12.2. The van der Waals surface area contributed by atoms with Crippen LogP contribution in [0.5, 0.6) is 0 Å². The second-order valence-electron chi connectivity index (χ2n) is 5.11. The predicted octanol–water partition coefficient (Wildman–Crippen LogP) is 1.31. The van der Waals surface area contributed by atoms with Gasteiger partial charge < -0.3 is 21.3 Å². The summed E-state index contributed by atoms with van der Waals surface area (Å²) in [6.07, 6.45) is 1.42. The average Bonchev–Trinajstić information content (AvgIpc) is 2.23. The van der Waals surface area contributed by atoms with Gasteiger partial charge in [-0.05, 0) is 32.7 Å². The minimum atomic E-state index is -0.518. The second kappa shape index (κ2) is 9.93. The van der Waals surface area contributed by atoms with Crippen molar-refractivity contribution < 1.29 is 42.3 Å². The first-order chi connectivity index (χ1) is 7.81. The van der Waals surface area contributed by atoms with Gasteiger partial charge in [0.15, 0.2) is 0 Å². The number of carbonyl (C=O) groups excluding carboxylic acids is 2. The summed E-state index contributed by atoms with van der Waals surface area (Å²) in [6.45, 7) is 8.62. The quantitative estimate of drug-likeness (QED) is 0.521. The maximum Gasteiger partial charge on any atom is 0.223 e. The van der Waals surface area contributed by atoms with Gasteiger partial charge in [0.1, 0.15) is 0 Å². The third-order valence-corrected chi connectivity index (χ3v) is 2.81. The first-order valence-corrected chi connectivity index (χ1v) is 6.07. The van der Waals surface area contributed by atoms with Crippen molar-refractivity contribution in [1.29, 1.82) is 0 Å². The number of amides is 1. The van der Waals surface area contributed by atoms with Crippen LogP contribution < -0.4 is 10.6 Å². The molecule has 0 spiro atoms. The van der Waals surface area contributed by atoms with E-state index in [1.54, 1.807) is 6.92 Å². The molecule has 0 aliphatic carbocycles. The third-order valence-electron chi connectivity index (χ3n) is 2.81. The standard InChI is InChI=1S/C13H25N2O2.Y/c1-10(11(2)16)9-13(3,4)12(17)15-8-6-7-14-5;/h14H,6-9H2,1-5H3,(H,15,17);/q-1;. The van der Waals surface area contributed by atoms with E-state index in [1.807, 2.05) is 20.9 Å². The van der Waals surface area contributed by atoms with Crippen LogP contribution in [0.15, 0.2) is 0 Å². The largest absolute Gasteiger partial charge is 0.356 e. The smallest absolute Gasteiger partial charge is 0.223 e. The van der Waals surface area contributed by atoms with Gasteiger partial charge in [-0.2, -0.15) is 6.92 Å². The van der Waals surface area contributed by atoms with Crippen LogP contribution in [0.3, 0.4) is 0 Å². The molecule has 5 heteroatoms. The fraction of sp³-hybridized carbons (Fsp3) is 0.769. The van der Waals surface area contributed by atoms with Crippen molar-refractivity contribution in [3.05, 3.63) is 5.92 Å². The van der Waals surface area contributed by atoms with Gasteiger partial charge in [0, 0.05) is 44.7 Å². The maximum absolute atomic E-state index is 11.9. The number of ketones is 1. The summed E-state index contributed by atoms with van der Waals surface area (Å²) in [5.74, 6) is 0.815. The van der Waals surface area contributed by atoms with Crippen LogP contribution in [0.4, 0.5) is 0 Å². The molecule has 0 atom stereocenters. The van der Waals surface area contributed by atoms with E-state index in [0.717, 1.165) is 18.9 Å². The summed E-state index contributed by atoms with van der Waals surface area (Å²) < 4.78 is 0. The Balaban J connectivity index is 0. The van der Waals surface area contributed by atoms with E-state index >= 15 is 0 Å². The van der Waals surface area contributed by atoms with E-state index in [-0.39, 0.29) is 44.4 Å². The molecule has 0 unspecified atom stereocenters. The zero-order valence-corrected chi connectivity index (χ0v) is 15.1. The molecule has 0 aromatic rings. The molecule has 0 bridgehead atoms. The van der Waals surface area contributed by atoms with Gasteiger partial charge in [0.05, 0.1) is 0 Å². The van der Waals surface area contributed by atoms with Gasteiger partial charge in [-0.15, -0.1) is 6.42 Å². The Kier molecular flexibility index (Phi) is 11.3. The molecule has 0 aromatic carbocycles. The predicted molar refractivity (Wildman–Crippen MR) is 69.5 cm³/mol. The molecule has 2 N–H and O–H groups in total. The number of carbonyl (C=O) groups is 2. The van der Waals surface area contributed by atoms with E-state index in [1.165, 1.54) is 6.92 Å². The Bertz CT molecular complexity index is 268. The summed E-state index contributed by atoms with van der Waals surface area (Å²) in [4.78, 5) is 23.1. The van der Waals surface area contributed by atoms with Gasteiger partial charge in [-0.25, -0.2) is 0 Å². The molecule has 18 heavy (non-hydrogen) atoms. The van der Waals surface area contributed by atoms with E-state index in [2.05, 4.69) is 10.6 Å². The first-order valence-electron chi connectivity index (χ1n) is 6.07. The van der Waals surface area contributed by atoms with E-state index in [9.17, 15) is 9.59 Å². The number of rotatable bonds is 8. The summed E-state index contributed by atoms with van der Waals surface area (Å²) in [7, 11) is 1.89. The maximum atomic E-state index is 11.9. The van der Waals surface area contributed by atoms with Crippen LogP contribution in [0.1, 0.15) is 40.5 Å². The summed E-state index contributed by atoms with van der Waals surface area (Å²) in [5, 5.41) is 5.93.